The van der Waals surface area contributed by atoms with Crippen molar-refractivity contribution in [2.45, 2.75) is 23.7 Å². The number of hydrogen-bond acceptors (Lipinski definition) is 3. The Hall–Kier alpha value is -1.69. The fraction of sp³-hybridized carbons (Fsp3) is 0.250. The average molecular weight is 266 g/mol. The van der Waals surface area contributed by atoms with Crippen molar-refractivity contribution in [3.63, 3.8) is 0 Å². The molecule has 18 heavy (non-hydrogen) atoms. The van der Waals surface area contributed by atoms with Crippen LogP contribution in [0.25, 0.3) is 0 Å². The van der Waals surface area contributed by atoms with Crippen LogP contribution in [0, 0.1) is 5.82 Å². The Morgan fingerprint density at radius 2 is 1.83 bits per heavy atom. The molecule has 0 amide bonds. The van der Waals surface area contributed by atoms with Gasteiger partial charge in [0, 0.05) is 12.1 Å². The second-order valence-electron chi connectivity index (χ2n) is 4.35. The van der Waals surface area contributed by atoms with Crippen LogP contribution in [0.2, 0.25) is 0 Å². The summed E-state index contributed by atoms with van der Waals surface area (Å²) in [5.41, 5.74) is 0.806. The second-order valence-corrected chi connectivity index (χ2v) is 6.14. The highest BCUT2D eigenvalue weighted by Crippen LogP contribution is 2.39. The van der Waals surface area contributed by atoms with Crippen molar-refractivity contribution in [1.29, 1.82) is 0 Å². The summed E-state index contributed by atoms with van der Waals surface area (Å²) in [5, 5.41) is 4.08. The number of halogens is 1. The van der Waals surface area contributed by atoms with E-state index in [4.69, 9.17) is 0 Å². The van der Waals surface area contributed by atoms with Crippen LogP contribution >= 0.6 is 0 Å². The van der Waals surface area contributed by atoms with Crippen molar-refractivity contribution < 1.29 is 12.8 Å². The van der Waals surface area contributed by atoms with E-state index in [1.807, 2.05) is 0 Å². The minimum absolute atomic E-state index is 0.0364. The third-order valence-corrected chi connectivity index (χ3v) is 4.50. The maximum atomic E-state index is 12.8. The number of nitrogens with zero attached hydrogens (tertiary/aromatic N) is 2. The molecule has 0 aliphatic heterocycles. The van der Waals surface area contributed by atoms with E-state index in [1.165, 1.54) is 18.3 Å². The van der Waals surface area contributed by atoms with Crippen LogP contribution in [-0.2, 0) is 10.0 Å². The van der Waals surface area contributed by atoms with Crippen molar-refractivity contribution in [3.05, 3.63) is 48.0 Å². The monoisotopic (exact) mass is 266 g/mol. The van der Waals surface area contributed by atoms with Crippen LogP contribution < -0.4 is 0 Å². The van der Waals surface area contributed by atoms with Gasteiger partial charge in [0.15, 0.2) is 0 Å². The molecule has 6 heteroatoms. The number of benzene rings is 1. The van der Waals surface area contributed by atoms with Crippen LogP contribution in [0.4, 0.5) is 4.39 Å². The fourth-order valence-corrected chi connectivity index (χ4v) is 2.88. The Morgan fingerprint density at radius 3 is 2.44 bits per heavy atom. The summed E-state index contributed by atoms with van der Waals surface area (Å²) in [6.45, 7) is 0. The molecule has 1 aromatic heterocycles. The quantitative estimate of drug-likeness (QED) is 0.855. The van der Waals surface area contributed by atoms with Gasteiger partial charge >= 0.3 is 0 Å². The number of hydrogen-bond donors (Lipinski definition) is 0. The molecular weight excluding hydrogens is 255 g/mol. The minimum Gasteiger partial charge on any atom is -0.207 e. The van der Waals surface area contributed by atoms with Gasteiger partial charge in [-0.05, 0) is 43.2 Å². The van der Waals surface area contributed by atoms with Gasteiger partial charge < -0.3 is 0 Å². The van der Waals surface area contributed by atoms with Gasteiger partial charge in [-0.15, -0.1) is 0 Å². The largest absolute Gasteiger partial charge is 0.282 e. The molecule has 2 aromatic rings. The molecule has 1 aliphatic rings. The molecule has 0 N–H and O–H groups in total. The summed E-state index contributed by atoms with van der Waals surface area (Å²) in [7, 11) is -3.70. The Kier molecular flexibility index (Phi) is 2.48. The van der Waals surface area contributed by atoms with E-state index in [9.17, 15) is 12.8 Å². The van der Waals surface area contributed by atoms with Crippen molar-refractivity contribution in [1.82, 2.24) is 9.19 Å². The smallest absolute Gasteiger partial charge is 0.207 e. The van der Waals surface area contributed by atoms with Gasteiger partial charge in [0.1, 0.15) is 5.82 Å². The van der Waals surface area contributed by atoms with Gasteiger partial charge in [0.25, 0.3) is 10.0 Å². The Morgan fingerprint density at radius 1 is 1.17 bits per heavy atom. The highest BCUT2D eigenvalue weighted by Gasteiger charge is 2.27. The zero-order valence-electron chi connectivity index (χ0n) is 9.45. The normalized spacial score (nSPS) is 15.8. The van der Waals surface area contributed by atoms with Gasteiger partial charge in [-0.2, -0.15) is 17.6 Å². The van der Waals surface area contributed by atoms with E-state index < -0.39 is 15.8 Å². The lowest BCUT2D eigenvalue weighted by molar-refractivity contribution is 0.578. The first kappa shape index (κ1) is 11.4. The first-order chi connectivity index (χ1) is 8.57. The zero-order chi connectivity index (χ0) is 12.8. The SMILES string of the molecule is O=S(=O)(c1ccc(F)cc1)n1ccc(C2CC2)n1. The molecule has 1 aromatic carbocycles. The highest BCUT2D eigenvalue weighted by atomic mass is 32.2. The maximum Gasteiger partial charge on any atom is 0.282 e. The summed E-state index contributed by atoms with van der Waals surface area (Å²) in [5.74, 6) is -0.0669. The molecule has 0 saturated heterocycles. The van der Waals surface area contributed by atoms with Crippen molar-refractivity contribution in [2.24, 2.45) is 0 Å². The van der Waals surface area contributed by atoms with Crippen molar-refractivity contribution in [2.75, 3.05) is 0 Å². The summed E-state index contributed by atoms with van der Waals surface area (Å²) in [6.07, 6.45) is 3.56. The van der Waals surface area contributed by atoms with Gasteiger partial charge in [-0.1, -0.05) is 0 Å². The Balaban J connectivity index is 1.99. The highest BCUT2D eigenvalue weighted by molar-refractivity contribution is 7.89. The summed E-state index contributed by atoms with van der Waals surface area (Å²) < 4.78 is 38.1. The lowest BCUT2D eigenvalue weighted by Crippen LogP contribution is -2.13. The lowest BCUT2D eigenvalue weighted by atomic mass is 10.3. The second kappa shape index (κ2) is 3.91. The molecule has 1 aliphatic carbocycles. The third-order valence-electron chi connectivity index (χ3n) is 2.94. The molecule has 0 atom stereocenters. The summed E-state index contributed by atoms with van der Waals surface area (Å²) >= 11 is 0. The van der Waals surface area contributed by atoms with E-state index in [-0.39, 0.29) is 4.90 Å². The van der Waals surface area contributed by atoms with Crippen molar-refractivity contribution >= 4 is 10.0 Å². The first-order valence-corrected chi connectivity index (χ1v) is 7.08. The van der Waals surface area contributed by atoms with Crippen LogP contribution in [0.3, 0.4) is 0 Å². The van der Waals surface area contributed by atoms with E-state index in [0.29, 0.717) is 5.92 Å². The van der Waals surface area contributed by atoms with E-state index in [0.717, 1.165) is 34.8 Å². The molecule has 1 fully saturated rings. The zero-order valence-corrected chi connectivity index (χ0v) is 10.3. The Bertz CT molecular complexity index is 672. The molecule has 0 unspecified atom stereocenters. The predicted molar refractivity (Wildman–Crippen MR) is 63.2 cm³/mol. The lowest BCUT2D eigenvalue weighted by Gasteiger charge is -2.03. The molecule has 1 saturated carbocycles. The molecule has 94 valence electrons. The number of aromatic nitrogens is 2. The standard InChI is InChI=1S/C12H11FN2O2S/c13-10-3-5-11(6-4-10)18(16,17)15-8-7-12(14-15)9-1-2-9/h3-9H,1-2H2. The predicted octanol–water partition coefficient (Wildman–Crippen LogP) is 2.14. The Labute approximate surface area is 104 Å². The van der Waals surface area contributed by atoms with Crippen LogP contribution in [0.5, 0.6) is 0 Å². The topological polar surface area (TPSA) is 52.0 Å². The molecule has 3 rings (SSSR count). The molecule has 0 bridgehead atoms. The molecule has 1 heterocycles. The van der Waals surface area contributed by atoms with Crippen molar-refractivity contribution in [3.8, 4) is 0 Å². The summed E-state index contributed by atoms with van der Waals surface area (Å²) in [6, 6.07) is 6.45. The van der Waals surface area contributed by atoms with Crippen LogP contribution in [0.1, 0.15) is 24.5 Å². The van der Waals surface area contributed by atoms with Crippen LogP contribution in [-0.4, -0.2) is 17.6 Å². The number of rotatable bonds is 3. The average Bonchev–Trinajstić information content (AvgIpc) is 3.07. The van der Waals surface area contributed by atoms with Gasteiger partial charge in [0.2, 0.25) is 0 Å². The third kappa shape index (κ3) is 1.92. The maximum absolute atomic E-state index is 12.8. The van der Waals surface area contributed by atoms with Crippen LogP contribution in [0.15, 0.2) is 41.4 Å². The minimum atomic E-state index is -3.70. The molecule has 4 nitrogen and oxygen atoms in total. The van der Waals surface area contributed by atoms with Gasteiger partial charge in [-0.3, -0.25) is 0 Å². The summed E-state index contributed by atoms with van der Waals surface area (Å²) in [4.78, 5) is 0.0364. The molecule has 0 spiro atoms. The van der Waals surface area contributed by atoms with Gasteiger partial charge in [0.05, 0.1) is 10.6 Å². The van der Waals surface area contributed by atoms with Gasteiger partial charge in [-0.25, -0.2) is 4.39 Å². The molecular formula is C12H11FN2O2S. The van der Waals surface area contributed by atoms with E-state index in [2.05, 4.69) is 5.10 Å². The fourth-order valence-electron chi connectivity index (χ4n) is 1.77. The van der Waals surface area contributed by atoms with E-state index in [1.54, 1.807) is 6.07 Å². The first-order valence-electron chi connectivity index (χ1n) is 5.64. The molecule has 0 radical (unpaired) electrons. The van der Waals surface area contributed by atoms with E-state index >= 15 is 0 Å².